The first-order valence-corrected chi connectivity index (χ1v) is 8.92. The molecule has 0 bridgehead atoms. The second-order valence-electron chi connectivity index (χ2n) is 5.18. The van der Waals surface area contributed by atoms with Crippen LogP contribution in [0.25, 0.3) is 4.96 Å². The molecular weight excluding hydrogens is 321 g/mol. The van der Waals surface area contributed by atoms with Crippen LogP contribution in [0.2, 0.25) is 0 Å². The molecule has 8 heteroatoms. The summed E-state index contributed by atoms with van der Waals surface area (Å²) in [5, 5.41) is 16.5. The van der Waals surface area contributed by atoms with Gasteiger partial charge in [-0.05, 0) is 37.1 Å². The van der Waals surface area contributed by atoms with Crippen molar-refractivity contribution >= 4 is 28.1 Å². The van der Waals surface area contributed by atoms with E-state index in [2.05, 4.69) is 20.6 Å². The molecule has 5 nitrogen and oxygen atoms in total. The second kappa shape index (κ2) is 5.94. The monoisotopic (exact) mass is 335 g/mol. The molecule has 0 spiro atoms. The SMILES string of the molecule is Fc1ccc(CSc2nn3c([C@H]4CCCN4)nnc3s2)cc1. The lowest BCUT2D eigenvalue weighted by molar-refractivity contribution is 0.582. The lowest BCUT2D eigenvalue weighted by Gasteiger charge is -2.04. The predicted octanol–water partition coefficient (Wildman–Crippen LogP) is 3.04. The Hall–Kier alpha value is -1.51. The highest BCUT2D eigenvalue weighted by Gasteiger charge is 2.23. The van der Waals surface area contributed by atoms with Gasteiger partial charge in [-0.1, -0.05) is 35.2 Å². The van der Waals surface area contributed by atoms with Crippen molar-refractivity contribution in [2.24, 2.45) is 0 Å². The van der Waals surface area contributed by atoms with Gasteiger partial charge in [-0.3, -0.25) is 0 Å². The fourth-order valence-electron chi connectivity index (χ4n) is 2.52. The van der Waals surface area contributed by atoms with Crippen molar-refractivity contribution in [1.82, 2.24) is 25.1 Å². The van der Waals surface area contributed by atoms with Crippen LogP contribution in [0, 0.1) is 5.82 Å². The molecule has 1 N–H and O–H groups in total. The topological polar surface area (TPSA) is 55.1 Å². The van der Waals surface area contributed by atoms with Gasteiger partial charge in [0.05, 0.1) is 6.04 Å². The summed E-state index contributed by atoms with van der Waals surface area (Å²) in [6, 6.07) is 6.83. The molecule has 1 aromatic carbocycles. The molecule has 1 aliphatic heterocycles. The van der Waals surface area contributed by atoms with Crippen LogP contribution in [0.15, 0.2) is 28.6 Å². The fraction of sp³-hybridized carbons (Fsp3) is 0.357. The molecule has 2 aromatic heterocycles. The molecular formula is C14H14FN5S2. The first kappa shape index (κ1) is 14.1. The maximum Gasteiger partial charge on any atom is 0.235 e. The number of aromatic nitrogens is 4. The molecule has 0 aliphatic carbocycles. The summed E-state index contributed by atoms with van der Waals surface area (Å²) in [7, 11) is 0. The summed E-state index contributed by atoms with van der Waals surface area (Å²) >= 11 is 3.18. The van der Waals surface area contributed by atoms with Gasteiger partial charge in [0.15, 0.2) is 10.2 Å². The smallest absolute Gasteiger partial charge is 0.235 e. The van der Waals surface area contributed by atoms with E-state index in [9.17, 15) is 4.39 Å². The van der Waals surface area contributed by atoms with Gasteiger partial charge in [-0.25, -0.2) is 4.39 Å². The average Bonchev–Trinajstić information content (AvgIpc) is 3.22. The Labute approximate surface area is 135 Å². The van der Waals surface area contributed by atoms with Gasteiger partial charge in [0, 0.05) is 5.75 Å². The van der Waals surface area contributed by atoms with Crippen LogP contribution >= 0.6 is 23.1 Å². The lowest BCUT2D eigenvalue weighted by Crippen LogP contribution is -2.16. The normalized spacial score (nSPS) is 18.3. The molecule has 1 fully saturated rings. The van der Waals surface area contributed by atoms with Gasteiger partial charge in [-0.15, -0.1) is 15.3 Å². The van der Waals surface area contributed by atoms with E-state index >= 15 is 0 Å². The zero-order chi connectivity index (χ0) is 14.9. The fourth-order valence-corrected chi connectivity index (χ4v) is 4.36. The number of nitrogens with zero attached hydrogens (tertiary/aromatic N) is 4. The molecule has 4 rings (SSSR count). The van der Waals surface area contributed by atoms with Crippen molar-refractivity contribution < 1.29 is 4.39 Å². The molecule has 114 valence electrons. The quantitative estimate of drug-likeness (QED) is 0.743. The highest BCUT2D eigenvalue weighted by molar-refractivity contribution is 8.00. The first-order valence-electron chi connectivity index (χ1n) is 7.12. The highest BCUT2D eigenvalue weighted by Crippen LogP contribution is 2.29. The van der Waals surface area contributed by atoms with Crippen LogP contribution in [0.5, 0.6) is 0 Å². The van der Waals surface area contributed by atoms with Crippen molar-refractivity contribution in [3.63, 3.8) is 0 Å². The van der Waals surface area contributed by atoms with Crippen LogP contribution in [-0.4, -0.2) is 26.4 Å². The van der Waals surface area contributed by atoms with Crippen molar-refractivity contribution in [2.75, 3.05) is 6.54 Å². The van der Waals surface area contributed by atoms with Crippen LogP contribution in [0.4, 0.5) is 4.39 Å². The van der Waals surface area contributed by atoms with E-state index in [0.29, 0.717) is 0 Å². The van der Waals surface area contributed by atoms with Gasteiger partial charge in [0.25, 0.3) is 0 Å². The van der Waals surface area contributed by atoms with Gasteiger partial charge in [0.2, 0.25) is 4.96 Å². The standard InChI is InChI=1S/C14H14FN5S2/c15-10-5-3-9(4-6-10)8-21-14-19-20-12(11-2-1-7-16-11)17-18-13(20)22-14/h3-6,11,16H,1-2,7-8H2/t11-/m1/s1. The molecule has 1 saturated heterocycles. The number of hydrogen-bond acceptors (Lipinski definition) is 6. The zero-order valence-corrected chi connectivity index (χ0v) is 13.3. The van der Waals surface area contributed by atoms with Gasteiger partial charge in [-0.2, -0.15) is 4.52 Å². The van der Waals surface area contributed by atoms with E-state index in [1.54, 1.807) is 23.9 Å². The van der Waals surface area contributed by atoms with Crippen LogP contribution in [0.1, 0.15) is 30.3 Å². The largest absolute Gasteiger partial charge is 0.307 e. The zero-order valence-electron chi connectivity index (χ0n) is 11.7. The number of hydrogen-bond donors (Lipinski definition) is 1. The van der Waals surface area contributed by atoms with Gasteiger partial charge < -0.3 is 5.32 Å². The Morgan fingerprint density at radius 1 is 1.32 bits per heavy atom. The third-order valence-corrected chi connectivity index (χ3v) is 5.75. The first-order chi connectivity index (χ1) is 10.8. The Bertz CT molecular complexity index is 776. The summed E-state index contributed by atoms with van der Waals surface area (Å²) in [5.74, 6) is 1.46. The van der Waals surface area contributed by atoms with Crippen LogP contribution in [-0.2, 0) is 5.75 Å². The number of benzene rings is 1. The minimum Gasteiger partial charge on any atom is -0.307 e. The minimum absolute atomic E-state index is 0.207. The lowest BCUT2D eigenvalue weighted by atomic mass is 10.2. The Morgan fingerprint density at radius 2 is 2.18 bits per heavy atom. The molecule has 0 saturated carbocycles. The predicted molar refractivity (Wildman–Crippen MR) is 84.6 cm³/mol. The molecule has 0 unspecified atom stereocenters. The third kappa shape index (κ3) is 2.73. The molecule has 1 atom stereocenters. The molecule has 0 radical (unpaired) electrons. The number of halogens is 1. The number of rotatable bonds is 4. The van der Waals surface area contributed by atoms with Crippen LogP contribution < -0.4 is 5.32 Å². The molecule has 3 heterocycles. The van der Waals surface area contributed by atoms with Crippen LogP contribution in [0.3, 0.4) is 0 Å². The number of nitrogens with one attached hydrogen (secondary N) is 1. The highest BCUT2D eigenvalue weighted by atomic mass is 32.2. The van der Waals surface area contributed by atoms with E-state index < -0.39 is 0 Å². The summed E-state index contributed by atoms with van der Waals surface area (Å²) in [6.07, 6.45) is 2.24. The molecule has 1 aliphatic rings. The van der Waals surface area contributed by atoms with E-state index in [0.717, 1.165) is 45.8 Å². The molecule has 0 amide bonds. The van der Waals surface area contributed by atoms with Crippen molar-refractivity contribution in [3.8, 4) is 0 Å². The van der Waals surface area contributed by atoms with Crippen molar-refractivity contribution in [3.05, 3.63) is 41.5 Å². The van der Waals surface area contributed by atoms with Gasteiger partial charge >= 0.3 is 0 Å². The maximum absolute atomic E-state index is 12.9. The molecule has 22 heavy (non-hydrogen) atoms. The third-order valence-electron chi connectivity index (χ3n) is 3.64. The van der Waals surface area contributed by atoms with E-state index in [4.69, 9.17) is 0 Å². The summed E-state index contributed by atoms with van der Waals surface area (Å²) in [6.45, 7) is 1.02. The molecule has 3 aromatic rings. The average molecular weight is 335 g/mol. The van der Waals surface area contributed by atoms with Crippen molar-refractivity contribution in [1.29, 1.82) is 0 Å². The minimum atomic E-state index is -0.207. The second-order valence-corrected chi connectivity index (χ2v) is 7.36. The summed E-state index contributed by atoms with van der Waals surface area (Å²) in [4.78, 5) is 0.824. The Kier molecular flexibility index (Phi) is 3.81. The summed E-state index contributed by atoms with van der Waals surface area (Å²) < 4.78 is 15.7. The maximum atomic E-state index is 12.9. The Morgan fingerprint density at radius 3 is 2.95 bits per heavy atom. The number of fused-ring (bicyclic) bond motifs is 1. The Balaban J connectivity index is 1.51. The van der Waals surface area contributed by atoms with E-state index in [-0.39, 0.29) is 11.9 Å². The van der Waals surface area contributed by atoms with Crippen molar-refractivity contribution in [2.45, 2.75) is 29.0 Å². The summed E-state index contributed by atoms with van der Waals surface area (Å²) in [5.41, 5.74) is 1.08. The van der Waals surface area contributed by atoms with E-state index in [1.165, 1.54) is 23.5 Å². The number of thioether (sulfide) groups is 1. The van der Waals surface area contributed by atoms with E-state index in [1.807, 2.05) is 4.52 Å². The van der Waals surface area contributed by atoms with Gasteiger partial charge in [0.1, 0.15) is 5.82 Å².